The third kappa shape index (κ3) is 2.38. The monoisotopic (exact) mass is 222 g/mol. The van der Waals surface area contributed by atoms with Crippen molar-refractivity contribution in [3.05, 3.63) is 34.4 Å². The smallest absolute Gasteiger partial charge is 0.271 e. The number of nitriles is 1. The second-order valence-corrected chi connectivity index (χ2v) is 2.97. The number of non-ortho nitro benzene ring substituents is 1. The molecule has 1 aromatic rings. The zero-order valence-corrected chi connectivity index (χ0v) is 8.27. The molecule has 0 heterocycles. The number of rotatable bonds is 2. The summed E-state index contributed by atoms with van der Waals surface area (Å²) in [7, 11) is 0. The Bertz CT molecular complexity index is 454. The van der Waals surface area contributed by atoms with Gasteiger partial charge in [0.05, 0.1) is 10.6 Å². The number of nitro groups is 1. The summed E-state index contributed by atoms with van der Waals surface area (Å²) in [5.41, 5.74) is 5.43. The lowest BCUT2D eigenvalue weighted by Crippen LogP contribution is -2.30. The summed E-state index contributed by atoms with van der Waals surface area (Å²) in [6, 6.07) is 5.51. The average Bonchev–Trinajstić information content (AvgIpc) is 2.18. The van der Waals surface area contributed by atoms with Crippen molar-refractivity contribution in [2.45, 2.75) is 0 Å². The van der Waals surface area contributed by atoms with E-state index in [9.17, 15) is 10.1 Å². The molecule has 7 heteroatoms. The Morgan fingerprint density at radius 1 is 1.67 bits per heavy atom. The van der Waals surface area contributed by atoms with E-state index in [2.05, 4.69) is 12.2 Å². The van der Waals surface area contributed by atoms with Crippen molar-refractivity contribution in [2.24, 2.45) is 5.73 Å². The molecule has 76 valence electrons. The van der Waals surface area contributed by atoms with Gasteiger partial charge in [0.1, 0.15) is 0 Å². The second kappa shape index (κ2) is 4.34. The molecule has 0 unspecified atom stereocenters. The van der Waals surface area contributed by atoms with Crippen molar-refractivity contribution < 1.29 is 4.92 Å². The molecule has 0 radical (unpaired) electrons. The molecule has 0 aliphatic carbocycles. The van der Waals surface area contributed by atoms with Gasteiger partial charge in [0, 0.05) is 12.1 Å². The lowest BCUT2D eigenvalue weighted by molar-refractivity contribution is -0.384. The molecule has 1 aromatic carbocycles. The molecule has 0 aliphatic heterocycles. The Balaban J connectivity index is 3.15. The number of hydrogen-bond donors (Lipinski definition) is 1. The number of nitrogens with two attached hydrogens (primary N) is 1. The van der Waals surface area contributed by atoms with Crippen molar-refractivity contribution in [3.63, 3.8) is 0 Å². The topological polar surface area (TPSA) is 96.2 Å². The van der Waals surface area contributed by atoms with Crippen molar-refractivity contribution in [3.8, 4) is 6.19 Å². The van der Waals surface area contributed by atoms with Gasteiger partial charge in [-0.1, -0.05) is 6.07 Å². The predicted octanol–water partition coefficient (Wildman–Crippen LogP) is 1.13. The first-order valence-corrected chi connectivity index (χ1v) is 4.21. The highest BCUT2D eigenvalue weighted by atomic mass is 32.1. The third-order valence-corrected chi connectivity index (χ3v) is 1.80. The van der Waals surface area contributed by atoms with Crippen LogP contribution in [-0.4, -0.2) is 10.0 Å². The highest BCUT2D eigenvalue weighted by molar-refractivity contribution is 7.80. The van der Waals surface area contributed by atoms with Gasteiger partial charge in [-0.15, -0.1) is 0 Å². The lowest BCUT2D eigenvalue weighted by atomic mass is 10.2. The molecule has 0 fully saturated rings. The first kappa shape index (κ1) is 10.9. The lowest BCUT2D eigenvalue weighted by Gasteiger charge is -2.11. The van der Waals surface area contributed by atoms with E-state index in [1.807, 2.05) is 0 Å². The zero-order valence-electron chi connectivity index (χ0n) is 7.45. The highest BCUT2D eigenvalue weighted by Gasteiger charge is 2.12. The first-order chi connectivity index (χ1) is 7.06. The molecule has 0 aliphatic rings. The molecule has 6 nitrogen and oxygen atoms in total. The molecule has 0 spiro atoms. The largest absolute Gasteiger partial charge is 0.375 e. The Morgan fingerprint density at radius 2 is 2.33 bits per heavy atom. The number of hydrogen-bond acceptors (Lipinski definition) is 4. The summed E-state index contributed by atoms with van der Waals surface area (Å²) in [6.45, 7) is 0. The Labute approximate surface area is 90.7 Å². The Hall–Kier alpha value is -2.20. The van der Waals surface area contributed by atoms with Gasteiger partial charge < -0.3 is 5.73 Å². The van der Waals surface area contributed by atoms with E-state index in [1.165, 1.54) is 24.3 Å². The van der Waals surface area contributed by atoms with Gasteiger partial charge in [0.15, 0.2) is 11.3 Å². The molecule has 0 saturated heterocycles. The summed E-state index contributed by atoms with van der Waals surface area (Å²) in [6.07, 6.45) is 1.73. The van der Waals surface area contributed by atoms with E-state index < -0.39 is 4.92 Å². The number of nitrogens with zero attached hydrogens (tertiary/aromatic N) is 3. The van der Waals surface area contributed by atoms with Crippen molar-refractivity contribution in [1.82, 2.24) is 0 Å². The molecule has 15 heavy (non-hydrogen) atoms. The molecule has 0 bridgehead atoms. The van der Waals surface area contributed by atoms with Gasteiger partial charge in [-0.2, -0.15) is 5.26 Å². The zero-order chi connectivity index (χ0) is 11.4. The van der Waals surface area contributed by atoms with Crippen LogP contribution in [0.2, 0.25) is 0 Å². The van der Waals surface area contributed by atoms with Crippen LogP contribution in [0.5, 0.6) is 0 Å². The molecule has 0 saturated carbocycles. The molecule has 2 N–H and O–H groups in total. The number of anilines is 1. The van der Waals surface area contributed by atoms with E-state index in [0.717, 1.165) is 4.90 Å². The van der Waals surface area contributed by atoms with Crippen LogP contribution >= 0.6 is 12.2 Å². The predicted molar refractivity (Wildman–Crippen MR) is 58.0 cm³/mol. The van der Waals surface area contributed by atoms with Crippen molar-refractivity contribution in [2.75, 3.05) is 4.90 Å². The number of thiocarbonyl (C=S) groups is 1. The quantitative estimate of drug-likeness (QED) is 0.265. The van der Waals surface area contributed by atoms with Crippen LogP contribution in [0.15, 0.2) is 24.3 Å². The average molecular weight is 222 g/mol. The SMILES string of the molecule is N#CN(C(N)=S)c1cccc([N+](=O)[O-])c1. The van der Waals surface area contributed by atoms with Gasteiger partial charge >= 0.3 is 0 Å². The van der Waals surface area contributed by atoms with Crippen LogP contribution in [-0.2, 0) is 0 Å². The minimum atomic E-state index is -0.557. The minimum absolute atomic E-state index is 0.121. The van der Waals surface area contributed by atoms with Gasteiger partial charge in [-0.3, -0.25) is 10.1 Å². The summed E-state index contributed by atoms with van der Waals surface area (Å²) in [5.74, 6) is 0. The van der Waals surface area contributed by atoms with E-state index in [1.54, 1.807) is 6.19 Å². The fourth-order valence-electron chi connectivity index (χ4n) is 0.980. The van der Waals surface area contributed by atoms with E-state index in [4.69, 9.17) is 11.0 Å². The highest BCUT2D eigenvalue weighted by Crippen LogP contribution is 2.20. The Kier molecular flexibility index (Phi) is 3.15. The first-order valence-electron chi connectivity index (χ1n) is 3.80. The van der Waals surface area contributed by atoms with Crippen LogP contribution in [0.25, 0.3) is 0 Å². The van der Waals surface area contributed by atoms with Crippen LogP contribution in [0.3, 0.4) is 0 Å². The van der Waals surface area contributed by atoms with Crippen molar-refractivity contribution >= 4 is 28.7 Å². The van der Waals surface area contributed by atoms with E-state index in [0.29, 0.717) is 0 Å². The Morgan fingerprint density at radius 3 is 2.80 bits per heavy atom. The molecular weight excluding hydrogens is 216 g/mol. The fourth-order valence-corrected chi connectivity index (χ4v) is 1.13. The van der Waals surface area contributed by atoms with Crippen LogP contribution in [0, 0.1) is 21.6 Å². The van der Waals surface area contributed by atoms with Crippen LogP contribution < -0.4 is 10.6 Å². The van der Waals surface area contributed by atoms with Gasteiger partial charge in [-0.05, 0) is 18.3 Å². The van der Waals surface area contributed by atoms with Crippen LogP contribution in [0.1, 0.15) is 0 Å². The van der Waals surface area contributed by atoms with Crippen molar-refractivity contribution in [1.29, 1.82) is 5.26 Å². The maximum Gasteiger partial charge on any atom is 0.271 e. The molecule has 0 aromatic heterocycles. The standard InChI is InChI=1S/C8H6N4O2S/c9-5-11(8(10)15)6-2-1-3-7(4-6)12(13)14/h1-4H,(H2,10,15). The molecule has 0 atom stereocenters. The molecule has 1 rings (SSSR count). The maximum atomic E-state index is 10.5. The maximum absolute atomic E-state index is 10.5. The third-order valence-electron chi connectivity index (χ3n) is 1.62. The normalized spacial score (nSPS) is 9.00. The summed E-state index contributed by atoms with van der Waals surface area (Å²) in [5, 5.41) is 19.0. The number of benzene rings is 1. The summed E-state index contributed by atoms with van der Waals surface area (Å²) >= 11 is 4.62. The van der Waals surface area contributed by atoms with E-state index in [-0.39, 0.29) is 16.5 Å². The van der Waals surface area contributed by atoms with Gasteiger partial charge in [-0.25, -0.2) is 4.90 Å². The molecular formula is C8H6N4O2S. The van der Waals surface area contributed by atoms with Gasteiger partial charge in [0.25, 0.3) is 5.69 Å². The second-order valence-electron chi connectivity index (χ2n) is 2.55. The summed E-state index contributed by atoms with van der Waals surface area (Å²) < 4.78 is 0. The number of nitro benzene ring substituents is 1. The molecule has 0 amide bonds. The summed E-state index contributed by atoms with van der Waals surface area (Å²) in [4.78, 5) is 10.8. The van der Waals surface area contributed by atoms with E-state index >= 15 is 0 Å². The minimum Gasteiger partial charge on any atom is -0.375 e. The van der Waals surface area contributed by atoms with Gasteiger partial charge in [0.2, 0.25) is 0 Å². The van der Waals surface area contributed by atoms with Crippen LogP contribution in [0.4, 0.5) is 11.4 Å². The fraction of sp³-hybridized carbons (Fsp3) is 0.